The molecule has 0 unspecified atom stereocenters. The van der Waals surface area contributed by atoms with Crippen LogP contribution in [0.4, 0.5) is 0 Å². The molecule has 0 saturated heterocycles. The van der Waals surface area contributed by atoms with Crippen molar-refractivity contribution in [2.75, 3.05) is 0 Å². The van der Waals surface area contributed by atoms with Gasteiger partial charge in [-0.25, -0.2) is 0 Å². The number of Topliss-reactive ketones (excluding diaryl/α,β-unsaturated/α-hetero) is 1. The standard InChI is InChI=1S/C15H12ClO/c1-9(17)15-13-4-2-3-10(13)7-11-8-12(16)5-6-14(11)15/h2,5-8H,3-4H2,1H3/q+1. The summed E-state index contributed by atoms with van der Waals surface area (Å²) in [4.78, 5) is 11.9. The van der Waals surface area contributed by atoms with Crippen LogP contribution in [0.25, 0.3) is 10.8 Å². The van der Waals surface area contributed by atoms with E-state index in [1.165, 1.54) is 11.1 Å². The number of fused-ring (bicyclic) bond motifs is 2. The molecule has 0 radical (unpaired) electrons. The van der Waals surface area contributed by atoms with Crippen molar-refractivity contribution in [1.29, 1.82) is 0 Å². The predicted octanol–water partition coefficient (Wildman–Crippen LogP) is 4.00. The third-order valence-corrected chi connectivity index (χ3v) is 3.60. The second-order valence-corrected chi connectivity index (χ2v) is 4.94. The molecule has 0 atom stereocenters. The number of benzene rings is 2. The van der Waals surface area contributed by atoms with Crippen molar-refractivity contribution in [3.63, 3.8) is 0 Å². The number of hydrogen-bond donors (Lipinski definition) is 0. The number of halogens is 1. The van der Waals surface area contributed by atoms with E-state index in [-0.39, 0.29) is 5.78 Å². The van der Waals surface area contributed by atoms with Gasteiger partial charge in [0, 0.05) is 21.7 Å². The number of rotatable bonds is 1. The van der Waals surface area contributed by atoms with E-state index < -0.39 is 0 Å². The summed E-state index contributed by atoms with van der Waals surface area (Å²) in [6.45, 7) is 1.64. The molecule has 0 saturated carbocycles. The molecule has 2 aromatic carbocycles. The Morgan fingerprint density at radius 3 is 2.88 bits per heavy atom. The minimum Gasteiger partial charge on any atom is -0.294 e. The quantitative estimate of drug-likeness (QED) is 0.547. The van der Waals surface area contributed by atoms with Gasteiger partial charge >= 0.3 is 0 Å². The van der Waals surface area contributed by atoms with Crippen molar-refractivity contribution >= 4 is 28.2 Å². The normalized spacial score (nSPS) is 13.5. The van der Waals surface area contributed by atoms with Gasteiger partial charge in [0.1, 0.15) is 12.8 Å². The van der Waals surface area contributed by atoms with Crippen LogP contribution < -0.4 is 0 Å². The van der Waals surface area contributed by atoms with Crippen molar-refractivity contribution in [1.82, 2.24) is 0 Å². The van der Waals surface area contributed by atoms with Crippen molar-refractivity contribution in [2.24, 2.45) is 0 Å². The lowest BCUT2D eigenvalue weighted by Crippen LogP contribution is -2.01. The Labute approximate surface area is 105 Å². The predicted molar refractivity (Wildman–Crippen MR) is 70.7 cm³/mol. The van der Waals surface area contributed by atoms with Gasteiger partial charge in [-0.15, -0.1) is 0 Å². The van der Waals surface area contributed by atoms with Crippen LogP contribution in [0.15, 0.2) is 24.3 Å². The van der Waals surface area contributed by atoms with Crippen molar-refractivity contribution < 1.29 is 4.79 Å². The fourth-order valence-corrected chi connectivity index (χ4v) is 2.85. The van der Waals surface area contributed by atoms with Gasteiger partial charge in [0.2, 0.25) is 0 Å². The van der Waals surface area contributed by atoms with E-state index in [4.69, 9.17) is 11.6 Å². The Hall–Kier alpha value is -1.47. The first-order chi connectivity index (χ1) is 8.16. The summed E-state index contributed by atoms with van der Waals surface area (Å²) in [5, 5.41) is 2.81. The molecule has 1 aliphatic carbocycles. The van der Waals surface area contributed by atoms with Gasteiger partial charge in [0.15, 0.2) is 5.78 Å². The van der Waals surface area contributed by atoms with Crippen molar-refractivity contribution in [3.05, 3.63) is 52.4 Å². The van der Waals surface area contributed by atoms with Gasteiger partial charge in [-0.05, 0) is 35.9 Å². The highest BCUT2D eigenvalue weighted by Crippen LogP contribution is 2.33. The van der Waals surface area contributed by atoms with E-state index in [2.05, 4.69) is 12.5 Å². The molecule has 84 valence electrons. The van der Waals surface area contributed by atoms with Gasteiger partial charge in [0.05, 0.1) is 6.42 Å². The van der Waals surface area contributed by atoms with Crippen LogP contribution in [0.5, 0.6) is 0 Å². The van der Waals surface area contributed by atoms with Crippen LogP contribution >= 0.6 is 11.6 Å². The van der Waals surface area contributed by atoms with Crippen LogP contribution in [0.3, 0.4) is 0 Å². The maximum absolute atomic E-state index is 11.9. The van der Waals surface area contributed by atoms with Crippen molar-refractivity contribution in [2.45, 2.75) is 19.8 Å². The van der Waals surface area contributed by atoms with Gasteiger partial charge in [-0.3, -0.25) is 4.79 Å². The Balaban J connectivity index is 2.44. The molecule has 0 heterocycles. The van der Waals surface area contributed by atoms with E-state index in [1.54, 1.807) is 6.92 Å². The van der Waals surface area contributed by atoms with E-state index in [1.807, 2.05) is 18.2 Å². The third kappa shape index (κ3) is 1.62. The molecule has 1 aliphatic rings. The Morgan fingerprint density at radius 1 is 1.29 bits per heavy atom. The topological polar surface area (TPSA) is 17.1 Å². The van der Waals surface area contributed by atoms with Crippen LogP contribution in [-0.4, -0.2) is 5.78 Å². The molecule has 2 aromatic rings. The number of carbonyl (C=O) groups excluding carboxylic acids is 1. The van der Waals surface area contributed by atoms with E-state index in [0.29, 0.717) is 5.02 Å². The summed E-state index contributed by atoms with van der Waals surface area (Å²) >= 11 is 6.01. The van der Waals surface area contributed by atoms with Crippen molar-refractivity contribution in [3.8, 4) is 0 Å². The zero-order chi connectivity index (χ0) is 12.0. The van der Waals surface area contributed by atoms with Crippen LogP contribution in [0.1, 0.15) is 28.4 Å². The first-order valence-corrected chi connectivity index (χ1v) is 6.11. The molecular weight excluding hydrogens is 232 g/mol. The first kappa shape index (κ1) is 10.7. The first-order valence-electron chi connectivity index (χ1n) is 5.73. The Bertz CT molecular complexity index is 628. The van der Waals surface area contributed by atoms with Gasteiger partial charge < -0.3 is 0 Å². The highest BCUT2D eigenvalue weighted by molar-refractivity contribution is 6.31. The minimum atomic E-state index is 0.143. The SMILES string of the molecule is CC(=O)c1c2c(cc3cc(Cl)ccc13)C[CH+]C2. The zero-order valence-electron chi connectivity index (χ0n) is 9.59. The molecule has 0 fully saturated rings. The van der Waals surface area contributed by atoms with E-state index in [0.717, 1.165) is 29.2 Å². The second kappa shape index (κ2) is 3.78. The summed E-state index contributed by atoms with van der Waals surface area (Å²) in [5.74, 6) is 0.143. The lowest BCUT2D eigenvalue weighted by atomic mass is 9.93. The average molecular weight is 244 g/mol. The van der Waals surface area contributed by atoms with Crippen LogP contribution in [0.2, 0.25) is 5.02 Å². The van der Waals surface area contributed by atoms with Gasteiger partial charge in [0.25, 0.3) is 0 Å². The fraction of sp³-hybridized carbons (Fsp3) is 0.200. The highest BCUT2D eigenvalue weighted by atomic mass is 35.5. The number of ketones is 1. The average Bonchev–Trinajstić information content (AvgIpc) is 2.72. The molecule has 0 amide bonds. The van der Waals surface area contributed by atoms with Crippen LogP contribution in [-0.2, 0) is 12.8 Å². The molecule has 1 nitrogen and oxygen atoms in total. The minimum absolute atomic E-state index is 0.143. The summed E-state index contributed by atoms with van der Waals surface area (Å²) < 4.78 is 0. The Morgan fingerprint density at radius 2 is 2.12 bits per heavy atom. The smallest absolute Gasteiger partial charge is 0.160 e. The number of carbonyl (C=O) groups is 1. The molecule has 0 bridgehead atoms. The monoisotopic (exact) mass is 243 g/mol. The summed E-state index contributed by atoms with van der Waals surface area (Å²) in [6.07, 6.45) is 4.08. The highest BCUT2D eigenvalue weighted by Gasteiger charge is 2.25. The summed E-state index contributed by atoms with van der Waals surface area (Å²) in [5.41, 5.74) is 3.35. The maximum Gasteiger partial charge on any atom is 0.160 e. The second-order valence-electron chi connectivity index (χ2n) is 4.51. The molecule has 0 aliphatic heterocycles. The van der Waals surface area contributed by atoms with E-state index >= 15 is 0 Å². The Kier molecular flexibility index (Phi) is 2.37. The molecule has 3 rings (SSSR count). The van der Waals surface area contributed by atoms with E-state index in [9.17, 15) is 4.79 Å². The lowest BCUT2D eigenvalue weighted by Gasteiger charge is -2.08. The lowest BCUT2D eigenvalue weighted by molar-refractivity contribution is 0.101. The maximum atomic E-state index is 11.9. The molecule has 17 heavy (non-hydrogen) atoms. The van der Waals surface area contributed by atoms with Gasteiger partial charge in [-0.2, -0.15) is 0 Å². The molecule has 0 aromatic heterocycles. The largest absolute Gasteiger partial charge is 0.294 e. The third-order valence-electron chi connectivity index (χ3n) is 3.37. The molecular formula is C15H12ClO+. The van der Waals surface area contributed by atoms with Crippen LogP contribution in [0, 0.1) is 6.42 Å². The van der Waals surface area contributed by atoms with Gasteiger partial charge in [-0.1, -0.05) is 17.7 Å². The fourth-order valence-electron chi connectivity index (χ4n) is 2.67. The molecule has 2 heteroatoms. The number of hydrogen-bond acceptors (Lipinski definition) is 1. The molecule has 0 spiro atoms. The summed E-state index contributed by atoms with van der Waals surface area (Å²) in [6, 6.07) is 7.89. The summed E-state index contributed by atoms with van der Waals surface area (Å²) in [7, 11) is 0. The molecule has 0 N–H and O–H groups in total. The zero-order valence-corrected chi connectivity index (χ0v) is 10.3.